The minimum absolute atomic E-state index is 0.222. The third-order valence-electron chi connectivity index (χ3n) is 2.47. The Morgan fingerprint density at radius 1 is 1.50 bits per heavy atom. The molecule has 0 aliphatic carbocycles. The quantitative estimate of drug-likeness (QED) is 0.718. The van der Waals surface area contributed by atoms with Crippen LogP contribution in [0.1, 0.15) is 33.1 Å². The van der Waals surface area contributed by atoms with Gasteiger partial charge in [0.15, 0.2) is 0 Å². The van der Waals surface area contributed by atoms with Crippen molar-refractivity contribution in [2.24, 2.45) is 0 Å². The van der Waals surface area contributed by atoms with E-state index in [0.717, 1.165) is 19.3 Å². The Hall–Kier alpha value is -1.10. The van der Waals surface area contributed by atoms with Crippen molar-refractivity contribution >= 4 is 11.9 Å². The molecule has 1 N–H and O–H groups in total. The van der Waals surface area contributed by atoms with E-state index in [-0.39, 0.29) is 5.91 Å². The van der Waals surface area contributed by atoms with Crippen molar-refractivity contribution in [3.05, 3.63) is 0 Å². The van der Waals surface area contributed by atoms with E-state index in [1.165, 1.54) is 0 Å². The molecule has 92 valence electrons. The molecule has 2 unspecified atom stereocenters. The summed E-state index contributed by atoms with van der Waals surface area (Å²) >= 11 is 0. The average Bonchev–Trinajstić information content (AvgIpc) is 2.30. The summed E-state index contributed by atoms with van der Waals surface area (Å²) in [6.07, 6.45) is 2.30. The number of nitrogens with one attached hydrogen (secondary N) is 1. The number of hydrogen-bond donors (Lipinski definition) is 1. The van der Waals surface area contributed by atoms with E-state index in [0.29, 0.717) is 13.2 Å². The number of esters is 1. The summed E-state index contributed by atoms with van der Waals surface area (Å²) < 4.78 is 10.1. The molecule has 5 heteroatoms. The summed E-state index contributed by atoms with van der Waals surface area (Å²) in [5.41, 5.74) is 0. The van der Waals surface area contributed by atoms with Crippen LogP contribution in [0.2, 0.25) is 0 Å². The predicted octanol–water partition coefficient (Wildman–Crippen LogP) is 0.623. The number of carbonyl (C=O) groups excluding carboxylic acids is 2. The van der Waals surface area contributed by atoms with Gasteiger partial charge >= 0.3 is 5.97 Å². The van der Waals surface area contributed by atoms with Crippen molar-refractivity contribution in [3.8, 4) is 0 Å². The molecule has 2 atom stereocenters. The Morgan fingerprint density at radius 3 is 2.81 bits per heavy atom. The SMILES string of the molecule is CCOC(=O)C(C)NC(=O)C1CCCCO1. The number of ether oxygens (including phenoxy) is 2. The first-order valence-electron chi connectivity index (χ1n) is 5.73. The Balaban J connectivity index is 2.34. The molecule has 1 aliphatic heterocycles. The van der Waals surface area contributed by atoms with Crippen LogP contribution in [-0.2, 0) is 19.1 Å². The molecule has 0 aromatic rings. The Morgan fingerprint density at radius 2 is 2.25 bits per heavy atom. The molecule has 1 rings (SSSR count). The summed E-state index contributed by atoms with van der Waals surface area (Å²) in [4.78, 5) is 23.0. The van der Waals surface area contributed by atoms with Crippen LogP contribution in [0.25, 0.3) is 0 Å². The second-order valence-electron chi connectivity index (χ2n) is 3.84. The molecule has 0 radical (unpaired) electrons. The van der Waals surface area contributed by atoms with Gasteiger partial charge in [0, 0.05) is 6.61 Å². The van der Waals surface area contributed by atoms with Gasteiger partial charge < -0.3 is 14.8 Å². The van der Waals surface area contributed by atoms with Gasteiger partial charge in [-0.25, -0.2) is 4.79 Å². The molecule has 0 bridgehead atoms. The molecule has 1 saturated heterocycles. The van der Waals surface area contributed by atoms with Crippen LogP contribution in [0.15, 0.2) is 0 Å². The lowest BCUT2D eigenvalue weighted by Crippen LogP contribution is -2.46. The maximum absolute atomic E-state index is 11.7. The zero-order valence-electron chi connectivity index (χ0n) is 9.82. The lowest BCUT2D eigenvalue weighted by atomic mass is 10.1. The van der Waals surface area contributed by atoms with Gasteiger partial charge in [-0.15, -0.1) is 0 Å². The number of carbonyl (C=O) groups is 2. The highest BCUT2D eigenvalue weighted by Gasteiger charge is 2.25. The molecular formula is C11H19NO4. The normalized spacial score (nSPS) is 22.2. The molecule has 1 aliphatic rings. The highest BCUT2D eigenvalue weighted by atomic mass is 16.5. The molecule has 0 saturated carbocycles. The van der Waals surface area contributed by atoms with E-state index in [9.17, 15) is 9.59 Å². The first-order chi connectivity index (χ1) is 7.65. The lowest BCUT2D eigenvalue weighted by molar-refractivity contribution is -0.149. The summed E-state index contributed by atoms with van der Waals surface area (Å²) in [7, 11) is 0. The molecule has 0 aromatic carbocycles. The Kier molecular flexibility index (Phi) is 5.25. The van der Waals surface area contributed by atoms with Gasteiger partial charge in [-0.3, -0.25) is 4.79 Å². The molecule has 1 amide bonds. The van der Waals surface area contributed by atoms with Gasteiger partial charge in [-0.05, 0) is 33.1 Å². The van der Waals surface area contributed by atoms with Crippen LogP contribution in [0.4, 0.5) is 0 Å². The zero-order chi connectivity index (χ0) is 12.0. The van der Waals surface area contributed by atoms with Gasteiger partial charge in [0.25, 0.3) is 0 Å². The van der Waals surface area contributed by atoms with Crippen LogP contribution < -0.4 is 5.32 Å². The van der Waals surface area contributed by atoms with Gasteiger partial charge in [0.2, 0.25) is 5.91 Å². The van der Waals surface area contributed by atoms with Gasteiger partial charge in [-0.2, -0.15) is 0 Å². The average molecular weight is 229 g/mol. The van der Waals surface area contributed by atoms with E-state index < -0.39 is 18.1 Å². The monoisotopic (exact) mass is 229 g/mol. The van der Waals surface area contributed by atoms with Crippen molar-refractivity contribution < 1.29 is 19.1 Å². The molecule has 0 aromatic heterocycles. The second kappa shape index (κ2) is 6.48. The van der Waals surface area contributed by atoms with Crippen molar-refractivity contribution in [1.29, 1.82) is 0 Å². The van der Waals surface area contributed by atoms with Crippen molar-refractivity contribution in [1.82, 2.24) is 5.32 Å². The highest BCUT2D eigenvalue weighted by molar-refractivity contribution is 5.86. The topological polar surface area (TPSA) is 64.6 Å². The Bertz CT molecular complexity index is 248. The van der Waals surface area contributed by atoms with Crippen LogP contribution in [0.3, 0.4) is 0 Å². The fourth-order valence-electron chi connectivity index (χ4n) is 1.58. The van der Waals surface area contributed by atoms with Crippen molar-refractivity contribution in [2.75, 3.05) is 13.2 Å². The van der Waals surface area contributed by atoms with E-state index in [1.54, 1.807) is 13.8 Å². The van der Waals surface area contributed by atoms with Crippen LogP contribution in [0.5, 0.6) is 0 Å². The van der Waals surface area contributed by atoms with E-state index in [4.69, 9.17) is 9.47 Å². The minimum atomic E-state index is -0.613. The van der Waals surface area contributed by atoms with Gasteiger partial charge in [-0.1, -0.05) is 0 Å². The first-order valence-corrected chi connectivity index (χ1v) is 5.73. The maximum Gasteiger partial charge on any atom is 0.328 e. The highest BCUT2D eigenvalue weighted by Crippen LogP contribution is 2.12. The summed E-state index contributed by atoms with van der Waals surface area (Å²) in [5.74, 6) is -0.632. The van der Waals surface area contributed by atoms with Crippen LogP contribution in [-0.4, -0.2) is 37.2 Å². The second-order valence-corrected chi connectivity index (χ2v) is 3.84. The van der Waals surface area contributed by atoms with Gasteiger partial charge in [0.1, 0.15) is 12.1 Å². The summed E-state index contributed by atoms with van der Waals surface area (Å²) in [5, 5.41) is 2.60. The summed E-state index contributed by atoms with van der Waals surface area (Å²) in [6.45, 7) is 4.28. The zero-order valence-corrected chi connectivity index (χ0v) is 9.82. The summed E-state index contributed by atoms with van der Waals surface area (Å²) in [6, 6.07) is -0.613. The molecule has 0 spiro atoms. The predicted molar refractivity (Wildman–Crippen MR) is 57.8 cm³/mol. The lowest BCUT2D eigenvalue weighted by Gasteiger charge is -2.23. The number of rotatable bonds is 4. The van der Waals surface area contributed by atoms with Gasteiger partial charge in [0.05, 0.1) is 6.61 Å². The molecule has 1 fully saturated rings. The largest absolute Gasteiger partial charge is 0.464 e. The van der Waals surface area contributed by atoms with Crippen LogP contribution in [0, 0.1) is 0 Å². The van der Waals surface area contributed by atoms with Crippen LogP contribution >= 0.6 is 0 Å². The molecular weight excluding hydrogens is 210 g/mol. The van der Waals surface area contributed by atoms with E-state index >= 15 is 0 Å². The molecule has 5 nitrogen and oxygen atoms in total. The number of hydrogen-bond acceptors (Lipinski definition) is 4. The maximum atomic E-state index is 11.7. The van der Waals surface area contributed by atoms with Crippen molar-refractivity contribution in [3.63, 3.8) is 0 Å². The third kappa shape index (κ3) is 3.81. The number of amides is 1. The third-order valence-corrected chi connectivity index (χ3v) is 2.47. The smallest absolute Gasteiger partial charge is 0.328 e. The van der Waals surface area contributed by atoms with Crippen molar-refractivity contribution in [2.45, 2.75) is 45.3 Å². The first kappa shape index (κ1) is 13.0. The fraction of sp³-hybridized carbons (Fsp3) is 0.818. The molecule has 16 heavy (non-hydrogen) atoms. The Labute approximate surface area is 95.5 Å². The fourth-order valence-corrected chi connectivity index (χ4v) is 1.58. The molecule has 1 heterocycles. The minimum Gasteiger partial charge on any atom is -0.464 e. The van der Waals surface area contributed by atoms with E-state index in [1.807, 2.05) is 0 Å². The standard InChI is InChI=1S/C11H19NO4/c1-3-15-11(14)8(2)12-10(13)9-6-4-5-7-16-9/h8-9H,3-7H2,1-2H3,(H,12,13). The van der Waals surface area contributed by atoms with E-state index in [2.05, 4.69) is 5.32 Å².